The van der Waals surface area contributed by atoms with Crippen molar-refractivity contribution in [3.8, 4) is 17.4 Å². The lowest BCUT2D eigenvalue weighted by molar-refractivity contribution is 0.292. The summed E-state index contributed by atoms with van der Waals surface area (Å²) >= 11 is 0. The standard InChI is InChI=1S/C14H17FN4O/c1-4-8-20-14-18-12(17-13(16-3)19-14)10-6-5-7-11(15)9(10)2/h5-7H,4,8H2,1-3H3,(H,16,17,18,19). The van der Waals surface area contributed by atoms with Gasteiger partial charge in [0.1, 0.15) is 5.82 Å². The van der Waals surface area contributed by atoms with Gasteiger partial charge in [-0.25, -0.2) is 4.39 Å². The van der Waals surface area contributed by atoms with Gasteiger partial charge in [0.2, 0.25) is 5.95 Å². The van der Waals surface area contributed by atoms with Crippen molar-refractivity contribution in [3.63, 3.8) is 0 Å². The first kappa shape index (κ1) is 14.2. The molecule has 1 aromatic carbocycles. The Bertz CT molecular complexity index is 604. The van der Waals surface area contributed by atoms with Crippen LogP contribution in [0.1, 0.15) is 18.9 Å². The molecule has 0 bridgehead atoms. The number of ether oxygens (including phenoxy) is 1. The Morgan fingerprint density at radius 2 is 2.05 bits per heavy atom. The topological polar surface area (TPSA) is 59.9 Å². The third-order valence-corrected chi connectivity index (χ3v) is 2.78. The minimum Gasteiger partial charge on any atom is -0.463 e. The maximum absolute atomic E-state index is 13.6. The summed E-state index contributed by atoms with van der Waals surface area (Å²) < 4.78 is 19.1. The number of hydrogen-bond acceptors (Lipinski definition) is 5. The van der Waals surface area contributed by atoms with E-state index in [-0.39, 0.29) is 11.8 Å². The van der Waals surface area contributed by atoms with Crippen molar-refractivity contribution < 1.29 is 9.13 Å². The summed E-state index contributed by atoms with van der Waals surface area (Å²) in [5.41, 5.74) is 1.13. The van der Waals surface area contributed by atoms with Crippen LogP contribution in [0.2, 0.25) is 0 Å². The van der Waals surface area contributed by atoms with Gasteiger partial charge in [-0.3, -0.25) is 0 Å². The monoisotopic (exact) mass is 276 g/mol. The molecule has 0 spiro atoms. The van der Waals surface area contributed by atoms with Gasteiger partial charge in [-0.2, -0.15) is 15.0 Å². The van der Waals surface area contributed by atoms with Gasteiger partial charge in [0, 0.05) is 12.6 Å². The highest BCUT2D eigenvalue weighted by atomic mass is 19.1. The smallest absolute Gasteiger partial charge is 0.321 e. The Kier molecular flexibility index (Phi) is 4.45. The summed E-state index contributed by atoms with van der Waals surface area (Å²) in [7, 11) is 1.71. The molecular weight excluding hydrogens is 259 g/mol. The molecule has 20 heavy (non-hydrogen) atoms. The molecule has 0 aliphatic heterocycles. The van der Waals surface area contributed by atoms with Crippen LogP contribution in [0.3, 0.4) is 0 Å². The van der Waals surface area contributed by atoms with Crippen LogP contribution < -0.4 is 10.1 Å². The number of rotatable bonds is 5. The minimum atomic E-state index is -0.287. The van der Waals surface area contributed by atoms with Crippen molar-refractivity contribution in [1.29, 1.82) is 0 Å². The highest BCUT2D eigenvalue weighted by molar-refractivity contribution is 5.61. The van der Waals surface area contributed by atoms with E-state index >= 15 is 0 Å². The van der Waals surface area contributed by atoms with Gasteiger partial charge in [-0.1, -0.05) is 19.1 Å². The van der Waals surface area contributed by atoms with Crippen molar-refractivity contribution in [2.45, 2.75) is 20.3 Å². The molecule has 2 aromatic rings. The molecule has 1 aromatic heterocycles. The molecule has 2 rings (SSSR count). The van der Waals surface area contributed by atoms with E-state index < -0.39 is 0 Å². The van der Waals surface area contributed by atoms with E-state index in [1.54, 1.807) is 26.1 Å². The van der Waals surface area contributed by atoms with Gasteiger partial charge < -0.3 is 10.1 Å². The second-order valence-electron chi connectivity index (χ2n) is 4.28. The summed E-state index contributed by atoms with van der Waals surface area (Å²) in [6, 6.07) is 5.06. The number of anilines is 1. The lowest BCUT2D eigenvalue weighted by Crippen LogP contribution is -2.06. The number of hydrogen-bond donors (Lipinski definition) is 1. The Balaban J connectivity index is 2.47. The first-order chi connectivity index (χ1) is 9.65. The fraction of sp³-hybridized carbons (Fsp3) is 0.357. The molecule has 0 fully saturated rings. The second kappa shape index (κ2) is 6.27. The Labute approximate surface area is 117 Å². The van der Waals surface area contributed by atoms with Crippen LogP contribution in [0.4, 0.5) is 10.3 Å². The summed E-state index contributed by atoms with van der Waals surface area (Å²) in [6.45, 7) is 4.21. The van der Waals surface area contributed by atoms with Gasteiger partial charge >= 0.3 is 6.01 Å². The van der Waals surface area contributed by atoms with E-state index in [0.717, 1.165) is 6.42 Å². The zero-order chi connectivity index (χ0) is 14.5. The average Bonchev–Trinajstić information content (AvgIpc) is 2.47. The third-order valence-electron chi connectivity index (χ3n) is 2.78. The van der Waals surface area contributed by atoms with E-state index in [9.17, 15) is 4.39 Å². The fourth-order valence-corrected chi connectivity index (χ4v) is 1.70. The highest BCUT2D eigenvalue weighted by Gasteiger charge is 2.12. The summed E-state index contributed by atoms with van der Waals surface area (Å²) in [6.07, 6.45) is 0.856. The van der Waals surface area contributed by atoms with Gasteiger partial charge in [0.05, 0.1) is 6.61 Å². The molecule has 0 saturated carbocycles. The maximum Gasteiger partial charge on any atom is 0.321 e. The lowest BCUT2D eigenvalue weighted by atomic mass is 10.1. The van der Waals surface area contributed by atoms with E-state index in [1.807, 2.05) is 6.92 Å². The van der Waals surface area contributed by atoms with Crippen molar-refractivity contribution in [3.05, 3.63) is 29.6 Å². The molecule has 0 aliphatic rings. The van der Waals surface area contributed by atoms with Gasteiger partial charge in [0.15, 0.2) is 5.82 Å². The number of benzene rings is 1. The van der Waals surface area contributed by atoms with Gasteiger partial charge in [-0.15, -0.1) is 0 Å². The van der Waals surface area contributed by atoms with E-state index in [1.165, 1.54) is 6.07 Å². The Hall–Kier alpha value is -2.24. The largest absolute Gasteiger partial charge is 0.463 e. The number of nitrogens with zero attached hydrogens (tertiary/aromatic N) is 3. The van der Waals surface area contributed by atoms with Crippen molar-refractivity contribution >= 4 is 5.95 Å². The number of nitrogens with one attached hydrogen (secondary N) is 1. The van der Waals surface area contributed by atoms with E-state index in [4.69, 9.17) is 4.74 Å². The quantitative estimate of drug-likeness (QED) is 0.910. The third kappa shape index (κ3) is 3.01. The van der Waals surface area contributed by atoms with Crippen molar-refractivity contribution in [1.82, 2.24) is 15.0 Å². The molecule has 0 unspecified atom stereocenters. The predicted octanol–water partition coefficient (Wildman–Crippen LogP) is 2.82. The first-order valence-corrected chi connectivity index (χ1v) is 6.47. The van der Waals surface area contributed by atoms with E-state index in [2.05, 4.69) is 20.3 Å². The minimum absolute atomic E-state index is 0.241. The van der Waals surface area contributed by atoms with Crippen LogP contribution in [0.15, 0.2) is 18.2 Å². The molecule has 0 radical (unpaired) electrons. The molecule has 0 saturated heterocycles. The SMILES string of the molecule is CCCOc1nc(NC)nc(-c2cccc(F)c2C)n1. The molecule has 1 N–H and O–H groups in total. The molecule has 1 heterocycles. The average molecular weight is 276 g/mol. The zero-order valence-corrected chi connectivity index (χ0v) is 11.8. The summed E-state index contributed by atoms with van der Waals surface area (Å²) in [5, 5.41) is 2.85. The lowest BCUT2D eigenvalue weighted by Gasteiger charge is -2.09. The second-order valence-corrected chi connectivity index (χ2v) is 4.28. The normalized spacial score (nSPS) is 10.4. The summed E-state index contributed by atoms with van der Waals surface area (Å²) in [4.78, 5) is 12.6. The summed E-state index contributed by atoms with van der Waals surface area (Å²) in [5.74, 6) is 0.502. The number of halogens is 1. The van der Waals surface area contributed by atoms with Crippen molar-refractivity contribution in [2.75, 3.05) is 19.0 Å². The molecule has 0 amide bonds. The molecule has 0 atom stereocenters. The van der Waals surface area contributed by atoms with Crippen molar-refractivity contribution in [2.24, 2.45) is 0 Å². The first-order valence-electron chi connectivity index (χ1n) is 6.47. The van der Waals surface area contributed by atoms with Crippen LogP contribution in [-0.4, -0.2) is 28.6 Å². The molecule has 0 aliphatic carbocycles. The van der Waals surface area contributed by atoms with Crippen LogP contribution in [0.25, 0.3) is 11.4 Å². The Morgan fingerprint density at radius 3 is 2.75 bits per heavy atom. The number of aromatic nitrogens is 3. The molecular formula is C14H17FN4O. The van der Waals surface area contributed by atoms with Gasteiger partial charge in [0.25, 0.3) is 0 Å². The van der Waals surface area contributed by atoms with Crippen LogP contribution >= 0.6 is 0 Å². The predicted molar refractivity (Wildman–Crippen MR) is 75.3 cm³/mol. The van der Waals surface area contributed by atoms with E-state index in [0.29, 0.717) is 29.5 Å². The molecule has 6 heteroatoms. The molecule has 106 valence electrons. The molecule has 5 nitrogen and oxygen atoms in total. The maximum atomic E-state index is 13.6. The highest BCUT2D eigenvalue weighted by Crippen LogP contribution is 2.24. The van der Waals surface area contributed by atoms with Crippen LogP contribution in [0.5, 0.6) is 6.01 Å². The Morgan fingerprint density at radius 1 is 1.25 bits per heavy atom. The van der Waals surface area contributed by atoms with Crippen LogP contribution in [-0.2, 0) is 0 Å². The van der Waals surface area contributed by atoms with Crippen LogP contribution in [0, 0.1) is 12.7 Å². The fourth-order valence-electron chi connectivity index (χ4n) is 1.70. The zero-order valence-electron chi connectivity index (χ0n) is 11.8. The van der Waals surface area contributed by atoms with Gasteiger partial charge in [-0.05, 0) is 25.0 Å².